The van der Waals surface area contributed by atoms with E-state index in [0.717, 1.165) is 35.8 Å². The maximum atomic E-state index is 12.1. The molecule has 1 aromatic heterocycles. The molecule has 0 saturated carbocycles. The SMILES string of the molecule is C/C(=N\NC(=O)CSc1nc(C)cc(C)n1)c1ccc(N2CCCCC2)cc1. The van der Waals surface area contributed by atoms with Crippen molar-refractivity contribution in [2.24, 2.45) is 5.10 Å². The summed E-state index contributed by atoms with van der Waals surface area (Å²) in [6, 6.07) is 10.3. The first-order chi connectivity index (χ1) is 13.5. The summed E-state index contributed by atoms with van der Waals surface area (Å²) in [6.45, 7) is 8.00. The van der Waals surface area contributed by atoms with Gasteiger partial charge in [-0.15, -0.1) is 0 Å². The van der Waals surface area contributed by atoms with Gasteiger partial charge >= 0.3 is 0 Å². The molecule has 1 fully saturated rings. The Balaban J connectivity index is 1.52. The highest BCUT2D eigenvalue weighted by Gasteiger charge is 2.11. The Bertz CT molecular complexity index is 824. The van der Waals surface area contributed by atoms with Crippen LogP contribution >= 0.6 is 11.8 Å². The molecule has 1 amide bonds. The van der Waals surface area contributed by atoms with Crippen LogP contribution in [0.4, 0.5) is 5.69 Å². The summed E-state index contributed by atoms with van der Waals surface area (Å²) in [5.74, 6) is 0.0603. The lowest BCUT2D eigenvalue weighted by Gasteiger charge is -2.28. The quantitative estimate of drug-likeness (QED) is 0.348. The fraction of sp³-hybridized carbons (Fsp3) is 0.429. The van der Waals surface area contributed by atoms with Gasteiger partial charge in [0.25, 0.3) is 5.91 Å². The third-order valence-corrected chi connectivity index (χ3v) is 5.50. The van der Waals surface area contributed by atoms with Gasteiger partial charge in [0, 0.05) is 30.2 Å². The van der Waals surface area contributed by atoms with Gasteiger partial charge in [0.2, 0.25) is 0 Å². The molecule has 28 heavy (non-hydrogen) atoms. The molecule has 0 radical (unpaired) electrons. The van der Waals surface area contributed by atoms with E-state index < -0.39 is 0 Å². The predicted molar refractivity (Wildman–Crippen MR) is 115 cm³/mol. The molecule has 0 aliphatic carbocycles. The summed E-state index contributed by atoms with van der Waals surface area (Å²) < 4.78 is 0. The lowest BCUT2D eigenvalue weighted by atomic mass is 10.1. The normalized spacial score (nSPS) is 14.8. The van der Waals surface area contributed by atoms with E-state index in [2.05, 4.69) is 49.7 Å². The summed E-state index contributed by atoms with van der Waals surface area (Å²) in [5, 5.41) is 4.85. The van der Waals surface area contributed by atoms with Gasteiger partial charge in [0.1, 0.15) is 0 Å². The van der Waals surface area contributed by atoms with Gasteiger partial charge in [0.05, 0.1) is 11.5 Å². The molecule has 0 spiro atoms. The number of anilines is 1. The van der Waals surface area contributed by atoms with Crippen molar-refractivity contribution in [3.63, 3.8) is 0 Å². The molecule has 1 saturated heterocycles. The van der Waals surface area contributed by atoms with E-state index in [1.54, 1.807) is 0 Å². The molecule has 1 aliphatic rings. The van der Waals surface area contributed by atoms with Gasteiger partial charge in [-0.1, -0.05) is 23.9 Å². The van der Waals surface area contributed by atoms with Gasteiger partial charge in [-0.3, -0.25) is 4.79 Å². The van der Waals surface area contributed by atoms with Crippen LogP contribution in [0.25, 0.3) is 0 Å². The molecular formula is C21H27N5OS. The van der Waals surface area contributed by atoms with Crippen LogP contribution in [0.2, 0.25) is 0 Å². The van der Waals surface area contributed by atoms with Crippen LogP contribution < -0.4 is 10.3 Å². The maximum Gasteiger partial charge on any atom is 0.250 e. The Morgan fingerprint density at radius 3 is 2.39 bits per heavy atom. The summed E-state index contributed by atoms with van der Waals surface area (Å²) in [6.07, 6.45) is 3.85. The second kappa shape index (κ2) is 9.68. The van der Waals surface area contributed by atoms with Crippen molar-refractivity contribution in [1.82, 2.24) is 15.4 Å². The highest BCUT2D eigenvalue weighted by Crippen LogP contribution is 2.20. The van der Waals surface area contributed by atoms with Crippen LogP contribution in [-0.4, -0.2) is 40.4 Å². The van der Waals surface area contributed by atoms with Crippen molar-refractivity contribution in [3.8, 4) is 0 Å². The number of carbonyl (C=O) groups is 1. The molecule has 1 aliphatic heterocycles. The van der Waals surface area contributed by atoms with Crippen LogP contribution in [0.1, 0.15) is 43.1 Å². The van der Waals surface area contributed by atoms with E-state index in [4.69, 9.17) is 0 Å². The topological polar surface area (TPSA) is 70.5 Å². The van der Waals surface area contributed by atoms with E-state index >= 15 is 0 Å². The van der Waals surface area contributed by atoms with Crippen LogP contribution in [0.5, 0.6) is 0 Å². The van der Waals surface area contributed by atoms with Gasteiger partial charge < -0.3 is 4.90 Å². The minimum atomic E-state index is -0.169. The predicted octanol–water partition coefficient (Wildman–Crippen LogP) is 3.72. The third kappa shape index (κ3) is 5.79. The number of piperidine rings is 1. The number of thioether (sulfide) groups is 1. The van der Waals surface area contributed by atoms with E-state index in [0.29, 0.717) is 5.16 Å². The van der Waals surface area contributed by atoms with Crippen molar-refractivity contribution in [2.45, 2.75) is 45.2 Å². The molecule has 6 nitrogen and oxygen atoms in total. The fourth-order valence-corrected chi connectivity index (χ4v) is 3.94. The minimum absolute atomic E-state index is 0.169. The molecule has 2 aromatic rings. The number of aromatic nitrogens is 2. The Morgan fingerprint density at radius 2 is 1.75 bits per heavy atom. The minimum Gasteiger partial charge on any atom is -0.372 e. The smallest absolute Gasteiger partial charge is 0.250 e. The molecule has 3 rings (SSSR count). The van der Waals surface area contributed by atoms with Crippen molar-refractivity contribution < 1.29 is 4.79 Å². The fourth-order valence-electron chi connectivity index (χ4n) is 3.20. The number of hydrogen-bond acceptors (Lipinski definition) is 6. The zero-order valence-electron chi connectivity index (χ0n) is 16.7. The summed E-state index contributed by atoms with van der Waals surface area (Å²) in [5.41, 5.74) is 7.47. The van der Waals surface area contributed by atoms with Crippen LogP contribution in [0.15, 0.2) is 40.6 Å². The first kappa shape index (κ1) is 20.3. The molecule has 148 valence electrons. The maximum absolute atomic E-state index is 12.1. The summed E-state index contributed by atoms with van der Waals surface area (Å²) >= 11 is 1.31. The van der Waals surface area contributed by atoms with Crippen molar-refractivity contribution in [3.05, 3.63) is 47.3 Å². The van der Waals surface area contributed by atoms with Gasteiger partial charge in [0.15, 0.2) is 5.16 Å². The largest absolute Gasteiger partial charge is 0.372 e. The second-order valence-corrected chi connectivity index (χ2v) is 7.99. The summed E-state index contributed by atoms with van der Waals surface area (Å²) in [7, 11) is 0. The van der Waals surface area contributed by atoms with E-state index in [1.165, 1.54) is 36.7 Å². The van der Waals surface area contributed by atoms with Gasteiger partial charge in [-0.25, -0.2) is 15.4 Å². The molecule has 1 N–H and O–H groups in total. The first-order valence-corrected chi connectivity index (χ1v) is 10.6. The van der Waals surface area contributed by atoms with Crippen LogP contribution in [0, 0.1) is 13.8 Å². The zero-order valence-corrected chi connectivity index (χ0v) is 17.6. The molecule has 1 aromatic carbocycles. The Kier molecular flexibility index (Phi) is 7.03. The van der Waals surface area contributed by atoms with E-state index in [-0.39, 0.29) is 11.7 Å². The lowest BCUT2D eigenvalue weighted by molar-refractivity contribution is -0.118. The van der Waals surface area contributed by atoms with Crippen molar-refractivity contribution in [1.29, 1.82) is 0 Å². The Morgan fingerprint density at radius 1 is 1.11 bits per heavy atom. The monoisotopic (exact) mass is 397 g/mol. The molecule has 2 heterocycles. The second-order valence-electron chi connectivity index (χ2n) is 7.05. The molecule has 0 atom stereocenters. The zero-order chi connectivity index (χ0) is 19.9. The molecule has 0 unspecified atom stereocenters. The van der Waals surface area contributed by atoms with Gasteiger partial charge in [-0.2, -0.15) is 5.10 Å². The number of hydrogen-bond donors (Lipinski definition) is 1. The average Bonchev–Trinajstić information content (AvgIpc) is 2.70. The number of rotatable bonds is 6. The highest BCUT2D eigenvalue weighted by molar-refractivity contribution is 7.99. The van der Waals surface area contributed by atoms with Gasteiger partial charge in [-0.05, 0) is 63.8 Å². The Labute approximate surface area is 170 Å². The van der Waals surface area contributed by atoms with E-state index in [9.17, 15) is 4.79 Å². The molecular weight excluding hydrogens is 370 g/mol. The number of aryl methyl sites for hydroxylation is 2. The van der Waals surface area contributed by atoms with Crippen molar-refractivity contribution in [2.75, 3.05) is 23.7 Å². The standard InChI is InChI=1S/C21H27N5OS/c1-15-13-16(2)23-21(22-15)28-14-20(27)25-24-17(3)18-7-9-19(10-8-18)26-11-5-4-6-12-26/h7-10,13H,4-6,11-12,14H2,1-3H3,(H,25,27)/b24-17+. The Hall–Kier alpha value is -2.41. The average molecular weight is 398 g/mol. The van der Waals surface area contributed by atoms with Crippen molar-refractivity contribution >= 4 is 29.1 Å². The highest BCUT2D eigenvalue weighted by atomic mass is 32.2. The number of nitrogens with zero attached hydrogens (tertiary/aromatic N) is 4. The number of carbonyl (C=O) groups excluding carboxylic acids is 1. The first-order valence-electron chi connectivity index (χ1n) is 9.65. The molecule has 7 heteroatoms. The van der Waals surface area contributed by atoms with E-state index in [1.807, 2.05) is 26.8 Å². The number of hydrazone groups is 1. The number of amides is 1. The lowest BCUT2D eigenvalue weighted by Crippen LogP contribution is -2.29. The number of benzene rings is 1. The number of nitrogens with one attached hydrogen (secondary N) is 1. The summed E-state index contributed by atoms with van der Waals surface area (Å²) in [4.78, 5) is 23.2. The van der Waals surface area contributed by atoms with Crippen LogP contribution in [0.3, 0.4) is 0 Å². The molecule has 0 bridgehead atoms. The third-order valence-electron chi connectivity index (χ3n) is 4.65. The van der Waals surface area contributed by atoms with Crippen LogP contribution in [-0.2, 0) is 4.79 Å².